The van der Waals surface area contributed by atoms with Crippen molar-refractivity contribution in [2.45, 2.75) is 6.92 Å². The summed E-state index contributed by atoms with van der Waals surface area (Å²) in [4.78, 5) is 10.9. The number of esters is 1. The van der Waals surface area contributed by atoms with Crippen molar-refractivity contribution >= 4 is 19.9 Å². The Kier molecular flexibility index (Phi) is 6.15. The van der Waals surface area contributed by atoms with Gasteiger partial charge in [0.2, 0.25) is 0 Å². The first-order valence-corrected chi connectivity index (χ1v) is 5.66. The van der Waals surface area contributed by atoms with Crippen LogP contribution in [0.1, 0.15) is 6.92 Å². The molecule has 0 aliphatic carbocycles. The number of ether oxygens (including phenoxy) is 1. The van der Waals surface area contributed by atoms with E-state index in [4.69, 9.17) is 0 Å². The Morgan fingerprint density at radius 3 is 2.40 bits per heavy atom. The molecule has 88 valence electrons. The molecule has 0 radical (unpaired) electrons. The third-order valence-electron chi connectivity index (χ3n) is 1.43. The second kappa shape index (κ2) is 6.55. The summed E-state index contributed by atoms with van der Waals surface area (Å²) in [6.45, 7) is 1.92. The van der Waals surface area contributed by atoms with Crippen molar-refractivity contribution in [1.82, 2.24) is 4.78 Å². The molecule has 0 heterocycles. The molecule has 0 amide bonds. The van der Waals surface area contributed by atoms with Crippen molar-refractivity contribution in [2.24, 2.45) is 5.10 Å². The van der Waals surface area contributed by atoms with Gasteiger partial charge in [-0.15, -0.1) is 0 Å². The molecule has 0 aromatic rings. The van der Waals surface area contributed by atoms with E-state index in [9.17, 15) is 9.36 Å². The molecule has 15 heavy (non-hydrogen) atoms. The van der Waals surface area contributed by atoms with Gasteiger partial charge in [0.1, 0.15) is 6.21 Å². The van der Waals surface area contributed by atoms with Crippen molar-refractivity contribution < 1.29 is 23.1 Å². The maximum absolute atomic E-state index is 11.6. The van der Waals surface area contributed by atoms with Crippen LogP contribution in [0.15, 0.2) is 5.10 Å². The zero-order valence-electron chi connectivity index (χ0n) is 9.17. The van der Waals surface area contributed by atoms with Crippen molar-refractivity contribution in [1.29, 1.82) is 0 Å². The molecule has 0 saturated heterocycles. The van der Waals surface area contributed by atoms with E-state index in [1.807, 2.05) is 0 Å². The van der Waals surface area contributed by atoms with Crippen LogP contribution in [0.5, 0.6) is 0 Å². The predicted molar refractivity (Wildman–Crippen MR) is 54.5 cm³/mol. The molecule has 0 unspecified atom stereocenters. The highest BCUT2D eigenvalue weighted by atomic mass is 31.2. The molecular weight excluding hydrogens is 223 g/mol. The number of hydrogen-bond donors (Lipinski definition) is 0. The van der Waals surface area contributed by atoms with E-state index in [-0.39, 0.29) is 6.61 Å². The van der Waals surface area contributed by atoms with Gasteiger partial charge in [-0.3, -0.25) is 9.05 Å². The molecule has 0 N–H and O–H groups in total. The Morgan fingerprint density at radius 2 is 2.00 bits per heavy atom. The minimum absolute atomic E-state index is 0.251. The van der Waals surface area contributed by atoms with Crippen LogP contribution in [0.2, 0.25) is 0 Å². The summed E-state index contributed by atoms with van der Waals surface area (Å²) in [5.74, 6) is -0.622. The summed E-state index contributed by atoms with van der Waals surface area (Å²) in [5, 5.41) is 3.58. The minimum atomic E-state index is -3.42. The molecule has 0 aliphatic heterocycles. The number of hydrogen-bond acceptors (Lipinski definition) is 6. The highest BCUT2D eigenvalue weighted by molar-refractivity contribution is 7.51. The monoisotopic (exact) mass is 238 g/mol. The zero-order chi connectivity index (χ0) is 11.9. The smallest absolute Gasteiger partial charge is 0.450 e. The van der Waals surface area contributed by atoms with Gasteiger partial charge in [0.15, 0.2) is 0 Å². The van der Waals surface area contributed by atoms with E-state index < -0.39 is 13.7 Å². The summed E-state index contributed by atoms with van der Waals surface area (Å²) in [7, 11) is 0.391. The Labute approximate surface area is 88.6 Å². The SMILES string of the molecule is CCOC(=O)/C=N/N(C)P(=O)(OC)OC. The number of carbonyl (C=O) groups excluding carboxylic acids is 1. The lowest BCUT2D eigenvalue weighted by atomic mass is 10.7. The van der Waals surface area contributed by atoms with Gasteiger partial charge in [-0.2, -0.15) is 5.10 Å². The van der Waals surface area contributed by atoms with E-state index >= 15 is 0 Å². The van der Waals surface area contributed by atoms with Crippen LogP contribution in [-0.2, 0) is 23.1 Å². The lowest BCUT2D eigenvalue weighted by molar-refractivity contribution is -0.134. The van der Waals surface area contributed by atoms with Crippen molar-refractivity contribution in [2.75, 3.05) is 27.9 Å². The minimum Gasteiger partial charge on any atom is -0.462 e. The van der Waals surface area contributed by atoms with E-state index in [2.05, 4.69) is 18.9 Å². The van der Waals surface area contributed by atoms with Gasteiger partial charge in [0.05, 0.1) is 6.61 Å². The van der Waals surface area contributed by atoms with Crippen LogP contribution < -0.4 is 0 Å². The fourth-order valence-corrected chi connectivity index (χ4v) is 1.48. The summed E-state index contributed by atoms with van der Waals surface area (Å²) in [6.07, 6.45) is 0.897. The Balaban J connectivity index is 4.41. The molecular formula is C7H15N2O5P. The fraction of sp³-hybridized carbons (Fsp3) is 0.714. The molecule has 0 bridgehead atoms. The Bertz CT molecular complexity index is 273. The van der Waals surface area contributed by atoms with Crippen molar-refractivity contribution in [3.8, 4) is 0 Å². The van der Waals surface area contributed by atoms with Gasteiger partial charge < -0.3 is 4.74 Å². The second-order valence-electron chi connectivity index (χ2n) is 2.32. The summed E-state index contributed by atoms with van der Waals surface area (Å²) in [6, 6.07) is 0. The first-order chi connectivity index (χ1) is 7.00. The molecule has 7 nitrogen and oxygen atoms in total. The van der Waals surface area contributed by atoms with Crippen LogP contribution in [0.3, 0.4) is 0 Å². The summed E-state index contributed by atoms with van der Waals surface area (Å²) < 4.78 is 26.4. The molecule has 0 atom stereocenters. The summed E-state index contributed by atoms with van der Waals surface area (Å²) >= 11 is 0. The standard InChI is InChI=1S/C7H15N2O5P/c1-5-14-7(10)6-8-9(2)15(11,12-3)13-4/h6H,5H2,1-4H3/b8-6+. The Hall–Kier alpha value is -0.910. The van der Waals surface area contributed by atoms with Gasteiger partial charge in [0.25, 0.3) is 0 Å². The van der Waals surface area contributed by atoms with E-state index in [0.717, 1.165) is 11.0 Å². The van der Waals surface area contributed by atoms with Gasteiger partial charge in [-0.05, 0) is 6.92 Å². The highest BCUT2D eigenvalue weighted by Gasteiger charge is 2.26. The van der Waals surface area contributed by atoms with Crippen LogP contribution in [0.4, 0.5) is 0 Å². The third-order valence-corrected chi connectivity index (χ3v) is 3.17. The first-order valence-electron chi connectivity index (χ1n) is 4.16. The van der Waals surface area contributed by atoms with Crippen LogP contribution in [0.25, 0.3) is 0 Å². The maximum Gasteiger partial charge on any atom is 0.450 e. The third kappa shape index (κ3) is 4.42. The number of hydrazone groups is 1. The number of carbonyl (C=O) groups is 1. The maximum atomic E-state index is 11.6. The normalized spacial score (nSPS) is 11.7. The molecule has 8 heteroatoms. The number of rotatable bonds is 6. The van der Waals surface area contributed by atoms with Gasteiger partial charge in [0, 0.05) is 21.3 Å². The lowest BCUT2D eigenvalue weighted by Gasteiger charge is -2.20. The van der Waals surface area contributed by atoms with Gasteiger partial charge in [-0.25, -0.2) is 14.1 Å². The average molecular weight is 238 g/mol. The van der Waals surface area contributed by atoms with E-state index in [0.29, 0.717) is 0 Å². The molecule has 0 fully saturated rings. The molecule has 0 aromatic heterocycles. The van der Waals surface area contributed by atoms with Crippen LogP contribution in [-0.4, -0.2) is 44.8 Å². The first kappa shape index (κ1) is 14.1. The van der Waals surface area contributed by atoms with Crippen molar-refractivity contribution in [3.63, 3.8) is 0 Å². The molecule has 0 rings (SSSR count). The highest BCUT2D eigenvalue weighted by Crippen LogP contribution is 2.49. The molecule has 0 aliphatic rings. The average Bonchev–Trinajstić information content (AvgIpc) is 2.25. The lowest BCUT2D eigenvalue weighted by Crippen LogP contribution is -2.13. The van der Waals surface area contributed by atoms with E-state index in [1.54, 1.807) is 6.92 Å². The number of nitrogens with zero attached hydrogens (tertiary/aromatic N) is 2. The summed E-state index contributed by atoms with van der Waals surface area (Å²) in [5.41, 5.74) is 0. The second-order valence-corrected chi connectivity index (χ2v) is 4.57. The topological polar surface area (TPSA) is 77.4 Å². The zero-order valence-corrected chi connectivity index (χ0v) is 10.1. The quantitative estimate of drug-likeness (QED) is 0.295. The molecule has 0 aromatic carbocycles. The predicted octanol–water partition coefficient (Wildman–Crippen LogP) is 0.868. The fourth-order valence-electron chi connectivity index (χ4n) is 0.684. The molecule has 0 spiro atoms. The van der Waals surface area contributed by atoms with Gasteiger partial charge in [-0.1, -0.05) is 0 Å². The largest absolute Gasteiger partial charge is 0.462 e. The van der Waals surface area contributed by atoms with Crippen molar-refractivity contribution in [3.05, 3.63) is 0 Å². The van der Waals surface area contributed by atoms with Gasteiger partial charge >= 0.3 is 13.7 Å². The Morgan fingerprint density at radius 1 is 1.47 bits per heavy atom. The van der Waals surface area contributed by atoms with E-state index in [1.165, 1.54) is 21.3 Å². The van der Waals surface area contributed by atoms with Crippen LogP contribution >= 0.6 is 7.75 Å². The van der Waals surface area contributed by atoms with Crippen LogP contribution in [0, 0.1) is 0 Å². The molecule has 0 saturated carbocycles.